The maximum Gasteiger partial charge on any atom is 0.293 e. The van der Waals surface area contributed by atoms with E-state index in [1.54, 1.807) is 42.5 Å². The van der Waals surface area contributed by atoms with Crippen LogP contribution in [-0.2, 0) is 4.79 Å². The second-order valence-electron chi connectivity index (χ2n) is 6.67. The summed E-state index contributed by atoms with van der Waals surface area (Å²) in [5.41, 5.74) is 0.505. The van der Waals surface area contributed by atoms with Gasteiger partial charge in [0.05, 0.1) is 21.9 Å². The molecule has 160 valence electrons. The van der Waals surface area contributed by atoms with Crippen molar-refractivity contribution in [1.29, 1.82) is 0 Å². The molecule has 2 amide bonds. The Hall–Kier alpha value is -3.69. The smallest absolute Gasteiger partial charge is 0.293 e. The van der Waals surface area contributed by atoms with Crippen molar-refractivity contribution in [2.45, 2.75) is 0 Å². The third-order valence-corrected chi connectivity index (χ3v) is 5.77. The first-order valence-electron chi connectivity index (χ1n) is 9.21. The van der Waals surface area contributed by atoms with Crippen molar-refractivity contribution >= 4 is 52.1 Å². The molecule has 0 saturated carbocycles. The molecule has 4 rings (SSSR count). The molecule has 8 nitrogen and oxygen atoms in total. The largest absolute Gasteiger partial charge is 0.456 e. The number of nitrogens with zero attached hydrogens (tertiary/aromatic N) is 2. The van der Waals surface area contributed by atoms with Crippen molar-refractivity contribution in [2.24, 2.45) is 0 Å². The fourth-order valence-corrected chi connectivity index (χ4v) is 4.00. The summed E-state index contributed by atoms with van der Waals surface area (Å²) in [4.78, 5) is 49.1. The molecule has 0 spiro atoms. The lowest BCUT2D eigenvalue weighted by molar-refractivity contribution is -0.384. The van der Waals surface area contributed by atoms with E-state index in [4.69, 9.17) is 16.0 Å². The number of hydrogen-bond acceptors (Lipinski definition) is 7. The highest BCUT2D eigenvalue weighted by Gasteiger charge is 2.36. The van der Waals surface area contributed by atoms with E-state index >= 15 is 0 Å². The minimum Gasteiger partial charge on any atom is -0.456 e. The van der Waals surface area contributed by atoms with E-state index in [1.807, 2.05) is 0 Å². The van der Waals surface area contributed by atoms with E-state index < -0.39 is 28.4 Å². The number of halogens is 1. The molecule has 2 aromatic carbocycles. The molecule has 0 aliphatic carbocycles. The number of ketones is 1. The van der Waals surface area contributed by atoms with Crippen molar-refractivity contribution in [3.8, 4) is 11.3 Å². The van der Waals surface area contributed by atoms with Gasteiger partial charge in [-0.05, 0) is 54.2 Å². The summed E-state index contributed by atoms with van der Waals surface area (Å²) in [5.74, 6) is -0.527. The zero-order chi connectivity index (χ0) is 22.8. The van der Waals surface area contributed by atoms with Gasteiger partial charge in [0, 0.05) is 22.7 Å². The van der Waals surface area contributed by atoms with Crippen LogP contribution in [0.5, 0.6) is 0 Å². The highest BCUT2D eigenvalue weighted by molar-refractivity contribution is 8.18. The zero-order valence-electron chi connectivity index (χ0n) is 16.2. The Labute approximate surface area is 190 Å². The topological polar surface area (TPSA) is 111 Å². The second-order valence-corrected chi connectivity index (χ2v) is 8.10. The van der Waals surface area contributed by atoms with Gasteiger partial charge in [-0.2, -0.15) is 0 Å². The Morgan fingerprint density at radius 2 is 1.81 bits per heavy atom. The van der Waals surface area contributed by atoms with Crippen LogP contribution in [0.25, 0.3) is 17.4 Å². The summed E-state index contributed by atoms with van der Waals surface area (Å²) in [6.07, 6.45) is 1.37. The number of benzene rings is 2. The number of nitro groups is 1. The number of para-hydroxylation sites is 1. The van der Waals surface area contributed by atoms with Gasteiger partial charge in [0.15, 0.2) is 5.78 Å². The minimum atomic E-state index is -0.619. The summed E-state index contributed by atoms with van der Waals surface area (Å²) in [6, 6.07) is 15.3. The molecule has 1 aromatic heterocycles. The summed E-state index contributed by atoms with van der Waals surface area (Å²) < 4.78 is 5.65. The number of thioether (sulfide) groups is 1. The predicted molar refractivity (Wildman–Crippen MR) is 119 cm³/mol. The lowest BCUT2D eigenvalue weighted by Gasteiger charge is -2.11. The van der Waals surface area contributed by atoms with Gasteiger partial charge in [0.2, 0.25) is 0 Å². The van der Waals surface area contributed by atoms with Crippen molar-refractivity contribution in [1.82, 2.24) is 4.90 Å². The van der Waals surface area contributed by atoms with Crippen LogP contribution < -0.4 is 0 Å². The first-order chi connectivity index (χ1) is 15.3. The lowest BCUT2D eigenvalue weighted by Crippen LogP contribution is -2.33. The van der Waals surface area contributed by atoms with Crippen LogP contribution in [0.1, 0.15) is 16.1 Å². The minimum absolute atomic E-state index is 0.0855. The highest BCUT2D eigenvalue weighted by Crippen LogP contribution is 2.35. The number of nitro benzene ring substituents is 1. The maximum absolute atomic E-state index is 12.7. The van der Waals surface area contributed by atoms with E-state index in [9.17, 15) is 24.5 Å². The second kappa shape index (κ2) is 8.81. The first kappa shape index (κ1) is 21.5. The van der Waals surface area contributed by atoms with Gasteiger partial charge in [0.1, 0.15) is 11.5 Å². The third kappa shape index (κ3) is 4.34. The molecule has 10 heteroatoms. The summed E-state index contributed by atoms with van der Waals surface area (Å²) in [6.45, 7) is -0.400. The number of amides is 2. The van der Waals surface area contributed by atoms with Gasteiger partial charge in [-0.1, -0.05) is 23.7 Å². The molecule has 3 aromatic rings. The SMILES string of the molecule is O=C(CN1C(=O)SC(=Cc2ccc(-c3ccccc3[N+](=O)[O-])o2)C1=O)c1ccc(Cl)cc1. The quantitative estimate of drug-likeness (QED) is 0.205. The van der Waals surface area contributed by atoms with Crippen LogP contribution in [0.4, 0.5) is 10.5 Å². The molecule has 0 unspecified atom stereocenters. The monoisotopic (exact) mass is 468 g/mol. The van der Waals surface area contributed by atoms with E-state index in [0.717, 1.165) is 4.90 Å². The fraction of sp³-hybridized carbons (Fsp3) is 0.0455. The van der Waals surface area contributed by atoms with Gasteiger partial charge in [-0.15, -0.1) is 0 Å². The Bertz CT molecular complexity index is 1280. The molecule has 1 aliphatic rings. The number of carbonyl (C=O) groups is 3. The molecule has 2 heterocycles. The Balaban J connectivity index is 1.53. The van der Waals surface area contributed by atoms with Gasteiger partial charge < -0.3 is 4.42 Å². The van der Waals surface area contributed by atoms with Crippen LogP contribution in [0.2, 0.25) is 5.02 Å². The molecular formula is C22H13ClN2O6S. The molecule has 1 saturated heterocycles. The van der Waals surface area contributed by atoms with E-state index in [1.165, 1.54) is 24.3 Å². The summed E-state index contributed by atoms with van der Waals surface area (Å²) >= 11 is 6.50. The number of rotatable bonds is 6. The van der Waals surface area contributed by atoms with Crippen LogP contribution in [-0.4, -0.2) is 33.3 Å². The van der Waals surface area contributed by atoms with Gasteiger partial charge in [-0.3, -0.25) is 29.4 Å². The van der Waals surface area contributed by atoms with Crippen LogP contribution in [0, 0.1) is 10.1 Å². The molecule has 32 heavy (non-hydrogen) atoms. The fourth-order valence-electron chi connectivity index (χ4n) is 3.05. The average Bonchev–Trinajstić information content (AvgIpc) is 3.34. The molecule has 1 fully saturated rings. The van der Waals surface area contributed by atoms with Crippen molar-refractivity contribution in [3.63, 3.8) is 0 Å². The predicted octanol–water partition coefficient (Wildman–Crippen LogP) is 5.43. The highest BCUT2D eigenvalue weighted by atomic mass is 35.5. The first-order valence-corrected chi connectivity index (χ1v) is 10.4. The number of furan rings is 1. The number of carbonyl (C=O) groups excluding carboxylic acids is 3. The number of hydrogen-bond donors (Lipinski definition) is 0. The van der Waals surface area contributed by atoms with Gasteiger partial charge >= 0.3 is 0 Å². The molecule has 1 aliphatic heterocycles. The third-order valence-electron chi connectivity index (χ3n) is 4.61. The summed E-state index contributed by atoms with van der Waals surface area (Å²) in [5, 5.41) is 11.1. The summed E-state index contributed by atoms with van der Waals surface area (Å²) in [7, 11) is 0. The van der Waals surface area contributed by atoms with Gasteiger partial charge in [-0.25, -0.2) is 0 Å². The molecule has 0 N–H and O–H groups in total. The molecular weight excluding hydrogens is 456 g/mol. The molecule has 0 radical (unpaired) electrons. The van der Waals surface area contributed by atoms with Crippen molar-refractivity contribution < 1.29 is 23.7 Å². The van der Waals surface area contributed by atoms with Gasteiger partial charge in [0.25, 0.3) is 16.8 Å². The Kier molecular flexibility index (Phi) is 5.93. The zero-order valence-corrected chi connectivity index (χ0v) is 17.8. The van der Waals surface area contributed by atoms with Crippen LogP contribution >= 0.6 is 23.4 Å². The van der Waals surface area contributed by atoms with Crippen molar-refractivity contribution in [3.05, 3.63) is 92.0 Å². The standard InChI is InChI=1S/C22H13ClN2O6S/c23-14-7-5-13(6-8-14)18(26)12-24-21(27)20(32-22(24)28)11-15-9-10-19(31-15)16-3-1-2-4-17(16)25(29)30/h1-11H,12H2. The maximum atomic E-state index is 12.7. The van der Waals surface area contributed by atoms with Crippen LogP contribution in [0.3, 0.4) is 0 Å². The number of imide groups is 1. The Morgan fingerprint density at radius 3 is 2.53 bits per heavy atom. The number of Topliss-reactive ketones (excluding diaryl/α,β-unsaturated/α-hetero) is 1. The molecule has 0 atom stereocenters. The van der Waals surface area contributed by atoms with Crippen molar-refractivity contribution in [2.75, 3.05) is 6.54 Å². The normalized spacial score (nSPS) is 14.9. The van der Waals surface area contributed by atoms with Crippen LogP contribution in [0.15, 0.2) is 70.0 Å². The average molecular weight is 469 g/mol. The van der Waals surface area contributed by atoms with E-state index in [0.29, 0.717) is 27.9 Å². The Morgan fingerprint density at radius 1 is 1.09 bits per heavy atom. The lowest BCUT2D eigenvalue weighted by atomic mass is 10.1. The molecule has 0 bridgehead atoms. The van der Waals surface area contributed by atoms with E-state index in [-0.39, 0.29) is 22.1 Å². The van der Waals surface area contributed by atoms with E-state index in [2.05, 4.69) is 0 Å².